The predicted octanol–water partition coefficient (Wildman–Crippen LogP) is 1.44. The van der Waals surface area contributed by atoms with E-state index in [1.54, 1.807) is 18.7 Å². The minimum absolute atomic E-state index is 0.0764. The molecule has 0 aliphatic carbocycles. The summed E-state index contributed by atoms with van der Waals surface area (Å²) in [5.41, 5.74) is 6.36. The third-order valence-electron chi connectivity index (χ3n) is 5.24. The largest absolute Gasteiger partial charge is 0.339 e. The fourth-order valence-electron chi connectivity index (χ4n) is 3.70. The van der Waals surface area contributed by atoms with Crippen LogP contribution in [0.4, 0.5) is 0 Å². The number of amides is 2. The van der Waals surface area contributed by atoms with Gasteiger partial charge in [-0.1, -0.05) is 0 Å². The molecule has 1 saturated heterocycles. The van der Waals surface area contributed by atoms with Crippen molar-refractivity contribution in [3.8, 4) is 0 Å². The zero-order valence-corrected chi connectivity index (χ0v) is 16.1. The summed E-state index contributed by atoms with van der Waals surface area (Å²) < 4.78 is 26.2. The molecule has 0 saturated carbocycles. The number of rotatable bonds is 3. The SMILES string of the molecule is CC(N)C1CCN(C(=O)c2ccc3c(c2)S(=O)(=O)N(C(C)C)C3=O)CC1. The molecule has 2 aliphatic heterocycles. The number of hydrogen-bond acceptors (Lipinski definition) is 5. The molecular weight excluding hydrogens is 354 g/mol. The molecule has 8 heteroatoms. The first-order valence-corrected chi connectivity index (χ1v) is 10.4. The highest BCUT2D eigenvalue weighted by molar-refractivity contribution is 7.90. The third kappa shape index (κ3) is 3.01. The van der Waals surface area contributed by atoms with Gasteiger partial charge in [0.2, 0.25) is 0 Å². The van der Waals surface area contributed by atoms with Crippen molar-refractivity contribution in [2.45, 2.75) is 50.6 Å². The van der Waals surface area contributed by atoms with E-state index in [1.165, 1.54) is 18.2 Å². The molecule has 2 amide bonds. The summed E-state index contributed by atoms with van der Waals surface area (Å²) in [4.78, 5) is 26.8. The number of benzene rings is 1. The van der Waals surface area contributed by atoms with Crippen molar-refractivity contribution >= 4 is 21.8 Å². The molecule has 26 heavy (non-hydrogen) atoms. The van der Waals surface area contributed by atoms with Gasteiger partial charge < -0.3 is 10.6 Å². The van der Waals surface area contributed by atoms with Gasteiger partial charge in [-0.25, -0.2) is 12.7 Å². The number of nitrogens with zero attached hydrogens (tertiary/aromatic N) is 2. The maximum Gasteiger partial charge on any atom is 0.269 e. The Morgan fingerprint density at radius 3 is 2.35 bits per heavy atom. The highest BCUT2D eigenvalue weighted by atomic mass is 32.2. The van der Waals surface area contributed by atoms with Crippen molar-refractivity contribution in [2.75, 3.05) is 13.1 Å². The monoisotopic (exact) mass is 379 g/mol. The Hall–Kier alpha value is -1.93. The first-order chi connectivity index (χ1) is 12.1. The van der Waals surface area contributed by atoms with Crippen molar-refractivity contribution < 1.29 is 18.0 Å². The van der Waals surface area contributed by atoms with Crippen LogP contribution < -0.4 is 5.73 Å². The van der Waals surface area contributed by atoms with Gasteiger partial charge in [0.1, 0.15) is 4.90 Å². The van der Waals surface area contributed by atoms with Crippen molar-refractivity contribution in [3.63, 3.8) is 0 Å². The Morgan fingerprint density at radius 2 is 1.81 bits per heavy atom. The molecule has 1 aromatic rings. The predicted molar refractivity (Wildman–Crippen MR) is 97.2 cm³/mol. The zero-order chi connectivity index (χ0) is 19.2. The van der Waals surface area contributed by atoms with Gasteiger partial charge in [-0.15, -0.1) is 0 Å². The lowest BCUT2D eigenvalue weighted by atomic mass is 9.90. The average molecular weight is 379 g/mol. The number of nitrogens with two attached hydrogens (primary N) is 1. The van der Waals surface area contributed by atoms with E-state index in [0.717, 1.165) is 17.1 Å². The number of sulfonamides is 1. The van der Waals surface area contributed by atoms with Crippen molar-refractivity contribution in [3.05, 3.63) is 29.3 Å². The van der Waals surface area contributed by atoms with Gasteiger partial charge in [-0.05, 0) is 57.7 Å². The molecule has 2 heterocycles. The summed E-state index contributed by atoms with van der Waals surface area (Å²) >= 11 is 0. The molecule has 0 aromatic heterocycles. The quantitative estimate of drug-likeness (QED) is 0.856. The smallest absolute Gasteiger partial charge is 0.269 e. The Bertz CT molecular complexity index is 840. The lowest BCUT2D eigenvalue weighted by molar-refractivity contribution is 0.0680. The summed E-state index contributed by atoms with van der Waals surface area (Å²) in [7, 11) is -3.91. The van der Waals surface area contributed by atoms with Crippen LogP contribution in [0, 0.1) is 5.92 Å². The van der Waals surface area contributed by atoms with Gasteiger partial charge in [-0.2, -0.15) is 0 Å². The van der Waals surface area contributed by atoms with Crippen LogP contribution >= 0.6 is 0 Å². The Kier molecular flexibility index (Phi) is 4.83. The van der Waals surface area contributed by atoms with Crippen LogP contribution in [0.2, 0.25) is 0 Å². The lowest BCUT2D eigenvalue weighted by Crippen LogP contribution is -2.42. The Labute approximate surface area is 154 Å². The van der Waals surface area contributed by atoms with Crippen molar-refractivity contribution in [1.82, 2.24) is 9.21 Å². The highest BCUT2D eigenvalue weighted by Gasteiger charge is 2.43. The highest BCUT2D eigenvalue weighted by Crippen LogP contribution is 2.33. The van der Waals surface area contributed by atoms with Crippen LogP contribution in [0.15, 0.2) is 23.1 Å². The van der Waals surface area contributed by atoms with Gasteiger partial charge in [-0.3, -0.25) is 9.59 Å². The van der Waals surface area contributed by atoms with E-state index in [0.29, 0.717) is 24.6 Å². The molecule has 1 atom stereocenters. The summed E-state index contributed by atoms with van der Waals surface area (Å²) in [6.45, 7) is 6.48. The average Bonchev–Trinajstić information content (AvgIpc) is 2.80. The zero-order valence-electron chi connectivity index (χ0n) is 15.3. The van der Waals surface area contributed by atoms with E-state index in [4.69, 9.17) is 5.73 Å². The third-order valence-corrected chi connectivity index (χ3v) is 7.23. The Balaban J connectivity index is 1.86. The lowest BCUT2D eigenvalue weighted by Gasteiger charge is -2.33. The number of piperidine rings is 1. The van der Waals surface area contributed by atoms with Crippen molar-refractivity contribution in [2.24, 2.45) is 11.7 Å². The normalized spacial score (nSPS) is 21.2. The number of likely N-dealkylation sites (tertiary alicyclic amines) is 1. The van der Waals surface area contributed by atoms with Crippen LogP contribution in [0.25, 0.3) is 0 Å². The van der Waals surface area contributed by atoms with E-state index in [-0.39, 0.29) is 22.4 Å². The molecule has 2 aliphatic rings. The first kappa shape index (κ1) is 18.8. The molecule has 1 fully saturated rings. The van der Waals surface area contributed by atoms with E-state index in [2.05, 4.69) is 0 Å². The van der Waals surface area contributed by atoms with Gasteiger partial charge in [0, 0.05) is 30.7 Å². The summed E-state index contributed by atoms with van der Waals surface area (Å²) in [5.74, 6) is -0.343. The van der Waals surface area contributed by atoms with Crippen LogP contribution in [-0.4, -0.2) is 54.6 Å². The standard InChI is InChI=1S/C18H25N3O4S/c1-11(2)21-18(23)15-5-4-14(10-16(15)26(21,24)25)17(22)20-8-6-13(7-9-20)12(3)19/h4-5,10-13H,6-9,19H2,1-3H3. The van der Waals surface area contributed by atoms with Crippen LogP contribution in [0.1, 0.15) is 54.3 Å². The summed E-state index contributed by atoms with van der Waals surface area (Å²) in [6.07, 6.45) is 1.68. The topological polar surface area (TPSA) is 101 Å². The number of carbonyl (C=O) groups excluding carboxylic acids is 2. The van der Waals surface area contributed by atoms with Gasteiger partial charge in [0.15, 0.2) is 0 Å². The minimum atomic E-state index is -3.91. The molecular formula is C18H25N3O4S. The van der Waals surface area contributed by atoms with Crippen LogP contribution in [-0.2, 0) is 10.0 Å². The summed E-state index contributed by atoms with van der Waals surface area (Å²) in [5, 5.41) is 0. The molecule has 7 nitrogen and oxygen atoms in total. The molecule has 0 radical (unpaired) electrons. The summed E-state index contributed by atoms with van der Waals surface area (Å²) in [6, 6.07) is 3.95. The molecule has 1 unspecified atom stereocenters. The van der Waals surface area contributed by atoms with Gasteiger partial charge in [0.05, 0.1) is 5.56 Å². The number of fused-ring (bicyclic) bond motifs is 1. The van der Waals surface area contributed by atoms with Crippen molar-refractivity contribution in [1.29, 1.82) is 0 Å². The first-order valence-electron chi connectivity index (χ1n) is 8.92. The van der Waals surface area contributed by atoms with E-state index < -0.39 is 22.0 Å². The van der Waals surface area contributed by atoms with E-state index >= 15 is 0 Å². The van der Waals surface area contributed by atoms with E-state index in [1.807, 2.05) is 6.92 Å². The second kappa shape index (κ2) is 6.66. The molecule has 1 aromatic carbocycles. The van der Waals surface area contributed by atoms with Crippen LogP contribution in [0.5, 0.6) is 0 Å². The molecule has 2 N–H and O–H groups in total. The van der Waals surface area contributed by atoms with Crippen LogP contribution in [0.3, 0.4) is 0 Å². The molecule has 3 rings (SSSR count). The number of carbonyl (C=O) groups is 2. The second-order valence-corrected chi connectivity index (χ2v) is 9.18. The fraction of sp³-hybridized carbons (Fsp3) is 0.556. The second-order valence-electron chi connectivity index (χ2n) is 7.40. The Morgan fingerprint density at radius 1 is 1.19 bits per heavy atom. The number of hydrogen-bond donors (Lipinski definition) is 1. The van der Waals surface area contributed by atoms with Gasteiger partial charge in [0.25, 0.3) is 21.8 Å². The maximum absolute atomic E-state index is 12.8. The molecule has 0 spiro atoms. The molecule has 142 valence electrons. The fourth-order valence-corrected chi connectivity index (χ4v) is 5.50. The minimum Gasteiger partial charge on any atom is -0.339 e. The van der Waals surface area contributed by atoms with E-state index in [9.17, 15) is 18.0 Å². The maximum atomic E-state index is 12.8. The van der Waals surface area contributed by atoms with Gasteiger partial charge >= 0.3 is 0 Å². The molecule has 0 bridgehead atoms.